The van der Waals surface area contributed by atoms with E-state index in [4.69, 9.17) is 15.3 Å². The van der Waals surface area contributed by atoms with Gasteiger partial charge in [-0.05, 0) is 12.8 Å². The minimum atomic E-state index is -1.86. The quantitative estimate of drug-likeness (QED) is 0.398. The van der Waals surface area contributed by atoms with Crippen molar-refractivity contribution in [3.05, 3.63) is 0 Å². The van der Waals surface area contributed by atoms with E-state index in [1.54, 1.807) is 0 Å². The number of hydrogen-bond donors (Lipinski definition) is 4. The first kappa shape index (κ1) is 9.44. The van der Waals surface area contributed by atoms with E-state index < -0.39 is 23.8 Å². The molecular weight excluding hydrogens is 164 g/mol. The van der Waals surface area contributed by atoms with Crippen LogP contribution in [0, 0.1) is 0 Å². The van der Waals surface area contributed by atoms with Crippen molar-refractivity contribution in [3.63, 3.8) is 0 Å². The molecule has 0 saturated heterocycles. The van der Waals surface area contributed by atoms with Gasteiger partial charge in [-0.15, -0.1) is 0 Å². The minimum Gasteiger partial charge on any atom is -0.479 e. The smallest absolute Gasteiger partial charge is 0.335 e. The van der Waals surface area contributed by atoms with Crippen LogP contribution in [0.4, 0.5) is 0 Å². The highest BCUT2D eigenvalue weighted by atomic mass is 16.4. The first-order chi connectivity index (χ1) is 5.46. The van der Waals surface area contributed by atoms with Crippen molar-refractivity contribution < 1.29 is 25.2 Å². The van der Waals surface area contributed by atoms with Crippen molar-refractivity contribution in [3.8, 4) is 0 Å². The van der Waals surface area contributed by atoms with E-state index in [-0.39, 0.29) is 19.3 Å². The van der Waals surface area contributed by atoms with Crippen LogP contribution in [0.15, 0.2) is 0 Å². The van der Waals surface area contributed by atoms with Gasteiger partial charge in [0.15, 0.2) is 5.60 Å². The molecule has 1 rings (SSSR count). The molecule has 70 valence electrons. The van der Waals surface area contributed by atoms with Crippen molar-refractivity contribution in [2.75, 3.05) is 0 Å². The number of carboxylic acids is 1. The van der Waals surface area contributed by atoms with E-state index in [0.29, 0.717) is 0 Å². The van der Waals surface area contributed by atoms with E-state index in [1.807, 2.05) is 0 Å². The van der Waals surface area contributed by atoms with Crippen molar-refractivity contribution in [2.45, 2.75) is 37.1 Å². The fraction of sp³-hybridized carbons (Fsp3) is 0.857. The Balaban J connectivity index is 2.66. The second kappa shape index (κ2) is 3.01. The van der Waals surface area contributed by atoms with Crippen LogP contribution in [0.1, 0.15) is 19.3 Å². The van der Waals surface area contributed by atoms with Gasteiger partial charge in [0.1, 0.15) is 0 Å². The highest BCUT2D eigenvalue weighted by molar-refractivity contribution is 5.77. The molecular formula is C7H12O5. The summed E-state index contributed by atoms with van der Waals surface area (Å²) in [7, 11) is 0. The van der Waals surface area contributed by atoms with Gasteiger partial charge in [-0.1, -0.05) is 0 Å². The van der Waals surface area contributed by atoms with Gasteiger partial charge in [0.25, 0.3) is 0 Å². The number of rotatable bonds is 1. The van der Waals surface area contributed by atoms with Crippen LogP contribution in [0.5, 0.6) is 0 Å². The molecule has 1 aliphatic carbocycles. The Bertz CT molecular complexity index is 192. The topological polar surface area (TPSA) is 98.0 Å². The van der Waals surface area contributed by atoms with Gasteiger partial charge in [-0.2, -0.15) is 0 Å². The normalized spacial score (nSPS) is 42.6. The van der Waals surface area contributed by atoms with Crippen molar-refractivity contribution in [1.29, 1.82) is 0 Å². The molecule has 0 heterocycles. The lowest BCUT2D eigenvalue weighted by Crippen LogP contribution is -2.49. The average Bonchev–Trinajstić information content (AvgIpc) is 1.97. The summed E-state index contributed by atoms with van der Waals surface area (Å²) < 4.78 is 0. The Hall–Kier alpha value is -0.650. The number of carboxylic acid groups (broad SMARTS) is 1. The molecule has 12 heavy (non-hydrogen) atoms. The number of aliphatic carboxylic acids is 1. The number of carbonyl (C=O) groups is 1. The molecule has 0 aliphatic heterocycles. The highest BCUT2D eigenvalue weighted by Crippen LogP contribution is 2.28. The molecule has 3 atom stereocenters. The molecule has 0 aromatic carbocycles. The first-order valence-corrected chi connectivity index (χ1v) is 3.77. The SMILES string of the molecule is O=C(O)[C@]1(O)CC[C@@H](O)[C@H](O)C1. The summed E-state index contributed by atoms with van der Waals surface area (Å²) in [6.07, 6.45) is -2.25. The predicted octanol–water partition coefficient (Wildman–Crippen LogP) is -1.29. The molecule has 0 aromatic heterocycles. The minimum absolute atomic E-state index is 0.0133. The largest absolute Gasteiger partial charge is 0.479 e. The standard InChI is InChI=1S/C7H12O5/c8-4-1-2-7(12,6(10)11)3-5(4)9/h4-5,8-9,12H,1-3H2,(H,10,11)/t4-,5-,7+/m1/s1. The first-order valence-electron chi connectivity index (χ1n) is 3.77. The number of hydrogen-bond acceptors (Lipinski definition) is 4. The van der Waals surface area contributed by atoms with Gasteiger partial charge in [-0.3, -0.25) is 0 Å². The van der Waals surface area contributed by atoms with Crippen LogP contribution in [0.2, 0.25) is 0 Å². The van der Waals surface area contributed by atoms with E-state index >= 15 is 0 Å². The molecule has 1 saturated carbocycles. The van der Waals surface area contributed by atoms with Crippen molar-refractivity contribution in [2.24, 2.45) is 0 Å². The average molecular weight is 176 g/mol. The maximum atomic E-state index is 10.5. The molecule has 1 aliphatic rings. The van der Waals surface area contributed by atoms with E-state index in [9.17, 15) is 9.90 Å². The van der Waals surface area contributed by atoms with Gasteiger partial charge in [0.2, 0.25) is 0 Å². The lowest BCUT2D eigenvalue weighted by atomic mass is 9.82. The van der Waals surface area contributed by atoms with Crippen molar-refractivity contribution in [1.82, 2.24) is 0 Å². The van der Waals surface area contributed by atoms with Crippen LogP contribution >= 0.6 is 0 Å². The molecule has 0 spiro atoms. The lowest BCUT2D eigenvalue weighted by molar-refractivity contribution is -0.171. The van der Waals surface area contributed by atoms with E-state index in [1.165, 1.54) is 0 Å². The molecule has 4 N–H and O–H groups in total. The Morgan fingerprint density at radius 3 is 2.33 bits per heavy atom. The second-order valence-corrected chi connectivity index (χ2v) is 3.21. The summed E-state index contributed by atoms with van der Waals surface area (Å²) in [5.74, 6) is -1.34. The number of aliphatic hydroxyl groups excluding tert-OH is 2. The molecule has 5 heteroatoms. The zero-order chi connectivity index (χ0) is 9.35. The van der Waals surface area contributed by atoms with Crippen LogP contribution in [0.3, 0.4) is 0 Å². The van der Waals surface area contributed by atoms with Gasteiger partial charge in [-0.25, -0.2) is 4.79 Å². The van der Waals surface area contributed by atoms with Gasteiger partial charge >= 0.3 is 5.97 Å². The van der Waals surface area contributed by atoms with Crippen molar-refractivity contribution >= 4 is 5.97 Å². The highest BCUT2D eigenvalue weighted by Gasteiger charge is 2.43. The molecule has 0 bridgehead atoms. The number of aliphatic hydroxyl groups is 3. The van der Waals surface area contributed by atoms with Gasteiger partial charge in [0.05, 0.1) is 12.2 Å². The fourth-order valence-electron chi connectivity index (χ4n) is 1.36. The lowest BCUT2D eigenvalue weighted by Gasteiger charge is -2.33. The summed E-state index contributed by atoms with van der Waals surface area (Å²) in [4.78, 5) is 10.5. The molecule has 5 nitrogen and oxygen atoms in total. The predicted molar refractivity (Wildman–Crippen MR) is 38.5 cm³/mol. The molecule has 0 aromatic rings. The summed E-state index contributed by atoms with van der Waals surface area (Å²) >= 11 is 0. The zero-order valence-corrected chi connectivity index (χ0v) is 6.47. The van der Waals surface area contributed by atoms with E-state index in [2.05, 4.69) is 0 Å². The monoisotopic (exact) mass is 176 g/mol. The Morgan fingerprint density at radius 1 is 1.33 bits per heavy atom. The maximum Gasteiger partial charge on any atom is 0.335 e. The summed E-state index contributed by atoms with van der Waals surface area (Å²) in [5.41, 5.74) is -1.86. The molecule has 1 fully saturated rings. The maximum absolute atomic E-state index is 10.5. The third-order valence-corrected chi connectivity index (χ3v) is 2.24. The molecule has 0 amide bonds. The Labute approximate surface area is 69.3 Å². The van der Waals surface area contributed by atoms with Crippen LogP contribution in [0.25, 0.3) is 0 Å². The van der Waals surface area contributed by atoms with Gasteiger partial charge < -0.3 is 20.4 Å². The molecule has 0 radical (unpaired) electrons. The summed E-state index contributed by atoms with van der Waals surface area (Å²) in [6.45, 7) is 0. The van der Waals surface area contributed by atoms with Gasteiger partial charge in [0, 0.05) is 6.42 Å². The van der Waals surface area contributed by atoms with E-state index in [0.717, 1.165) is 0 Å². The summed E-state index contributed by atoms with van der Waals surface area (Å²) in [6, 6.07) is 0. The van der Waals surface area contributed by atoms with Crippen LogP contribution in [-0.4, -0.2) is 44.2 Å². The van der Waals surface area contributed by atoms with Crippen LogP contribution in [-0.2, 0) is 4.79 Å². The second-order valence-electron chi connectivity index (χ2n) is 3.21. The third kappa shape index (κ3) is 1.57. The Morgan fingerprint density at radius 2 is 1.92 bits per heavy atom. The zero-order valence-electron chi connectivity index (χ0n) is 6.47. The van der Waals surface area contributed by atoms with Crippen LogP contribution < -0.4 is 0 Å². The molecule has 0 unspecified atom stereocenters. The third-order valence-electron chi connectivity index (χ3n) is 2.24. The fourth-order valence-corrected chi connectivity index (χ4v) is 1.36. The summed E-state index contributed by atoms with van der Waals surface area (Å²) in [5, 5.41) is 36.1. The Kier molecular flexibility index (Phi) is 2.36.